The second-order valence-electron chi connectivity index (χ2n) is 4.51. The summed E-state index contributed by atoms with van der Waals surface area (Å²) < 4.78 is 1.02. The highest BCUT2D eigenvalue weighted by molar-refractivity contribution is 9.10. The molecule has 94 valence electrons. The molecule has 0 saturated heterocycles. The fourth-order valence-corrected chi connectivity index (χ4v) is 2.30. The molecule has 0 aliphatic heterocycles. The lowest BCUT2D eigenvalue weighted by atomic mass is 10.1. The Bertz CT molecular complexity index is 378. The van der Waals surface area contributed by atoms with Crippen LogP contribution < -0.4 is 0 Å². The molecule has 0 aliphatic carbocycles. The SMILES string of the molecule is CCCC(C)N(C)Cc1cc(Br)ccc1C=O. The lowest BCUT2D eigenvalue weighted by molar-refractivity contribution is 0.112. The Morgan fingerprint density at radius 2 is 2.18 bits per heavy atom. The van der Waals surface area contributed by atoms with E-state index in [4.69, 9.17) is 0 Å². The van der Waals surface area contributed by atoms with Gasteiger partial charge in [-0.25, -0.2) is 0 Å². The number of rotatable bonds is 6. The van der Waals surface area contributed by atoms with Crippen LogP contribution in [0.1, 0.15) is 42.6 Å². The number of nitrogens with zero attached hydrogens (tertiary/aromatic N) is 1. The predicted octanol–water partition coefficient (Wildman–Crippen LogP) is 3.88. The first-order chi connectivity index (χ1) is 8.08. The minimum absolute atomic E-state index is 0.540. The smallest absolute Gasteiger partial charge is 0.150 e. The summed E-state index contributed by atoms with van der Waals surface area (Å²) in [5.41, 5.74) is 1.86. The van der Waals surface area contributed by atoms with Gasteiger partial charge in [0.1, 0.15) is 6.29 Å². The van der Waals surface area contributed by atoms with Crippen molar-refractivity contribution >= 4 is 22.2 Å². The third-order valence-electron chi connectivity index (χ3n) is 3.11. The Kier molecular flexibility index (Phi) is 5.86. The number of halogens is 1. The molecule has 1 unspecified atom stereocenters. The van der Waals surface area contributed by atoms with Gasteiger partial charge in [0.2, 0.25) is 0 Å². The zero-order valence-electron chi connectivity index (χ0n) is 10.7. The molecule has 0 spiro atoms. The van der Waals surface area contributed by atoms with Crippen molar-refractivity contribution in [3.05, 3.63) is 33.8 Å². The molecule has 1 atom stereocenters. The van der Waals surface area contributed by atoms with Gasteiger partial charge in [-0.05, 0) is 38.1 Å². The third-order valence-corrected chi connectivity index (χ3v) is 3.60. The molecule has 3 heteroatoms. The van der Waals surface area contributed by atoms with Crippen LogP contribution >= 0.6 is 15.9 Å². The summed E-state index contributed by atoms with van der Waals surface area (Å²) in [4.78, 5) is 13.3. The Labute approximate surface area is 112 Å². The van der Waals surface area contributed by atoms with E-state index in [2.05, 4.69) is 41.7 Å². The zero-order valence-corrected chi connectivity index (χ0v) is 12.3. The number of carbonyl (C=O) groups excluding carboxylic acids is 1. The van der Waals surface area contributed by atoms with Gasteiger partial charge >= 0.3 is 0 Å². The summed E-state index contributed by atoms with van der Waals surface area (Å²) in [6, 6.07) is 6.34. The van der Waals surface area contributed by atoms with Crippen LogP contribution in [0.15, 0.2) is 22.7 Å². The van der Waals surface area contributed by atoms with E-state index < -0.39 is 0 Å². The molecule has 0 heterocycles. The fourth-order valence-electron chi connectivity index (χ4n) is 1.89. The van der Waals surface area contributed by atoms with Crippen molar-refractivity contribution in [1.29, 1.82) is 0 Å². The molecule has 0 aromatic heterocycles. The molecule has 0 bridgehead atoms. The van der Waals surface area contributed by atoms with Crippen LogP contribution in [0.4, 0.5) is 0 Å². The summed E-state index contributed by atoms with van der Waals surface area (Å²) in [5, 5.41) is 0. The van der Waals surface area contributed by atoms with Gasteiger partial charge in [-0.1, -0.05) is 35.3 Å². The van der Waals surface area contributed by atoms with E-state index in [9.17, 15) is 4.79 Å². The van der Waals surface area contributed by atoms with E-state index in [1.54, 1.807) is 0 Å². The highest BCUT2D eigenvalue weighted by Crippen LogP contribution is 2.18. The topological polar surface area (TPSA) is 20.3 Å². The van der Waals surface area contributed by atoms with E-state index in [0.29, 0.717) is 6.04 Å². The Balaban J connectivity index is 2.79. The summed E-state index contributed by atoms with van der Waals surface area (Å²) >= 11 is 3.45. The summed E-state index contributed by atoms with van der Waals surface area (Å²) in [5.74, 6) is 0. The standard InChI is InChI=1S/C14H20BrNO/c1-4-5-11(2)16(3)9-13-8-14(15)7-6-12(13)10-17/h6-8,10-11H,4-5,9H2,1-3H3. The Morgan fingerprint density at radius 1 is 1.47 bits per heavy atom. The average molecular weight is 298 g/mol. The quantitative estimate of drug-likeness (QED) is 0.743. The van der Waals surface area contributed by atoms with Gasteiger partial charge in [-0.3, -0.25) is 9.69 Å². The van der Waals surface area contributed by atoms with Crippen molar-refractivity contribution < 1.29 is 4.79 Å². The minimum atomic E-state index is 0.540. The molecule has 0 saturated carbocycles. The third kappa shape index (κ3) is 4.25. The van der Waals surface area contributed by atoms with Gasteiger partial charge in [0.15, 0.2) is 0 Å². The molecule has 2 nitrogen and oxygen atoms in total. The lowest BCUT2D eigenvalue weighted by Gasteiger charge is -2.25. The molecular formula is C14H20BrNO. The molecule has 0 fully saturated rings. The van der Waals surface area contributed by atoms with Gasteiger partial charge in [-0.2, -0.15) is 0 Å². The van der Waals surface area contributed by atoms with E-state index in [1.165, 1.54) is 12.8 Å². The van der Waals surface area contributed by atoms with Gasteiger partial charge in [0.25, 0.3) is 0 Å². The highest BCUT2D eigenvalue weighted by Gasteiger charge is 2.11. The molecule has 0 radical (unpaired) electrons. The van der Waals surface area contributed by atoms with Crippen LogP contribution in [0.3, 0.4) is 0 Å². The molecule has 0 amide bonds. The average Bonchev–Trinajstić information content (AvgIpc) is 2.29. The van der Waals surface area contributed by atoms with Gasteiger partial charge in [-0.15, -0.1) is 0 Å². The Hall–Kier alpha value is -0.670. The van der Waals surface area contributed by atoms with Crippen LogP contribution in [0.5, 0.6) is 0 Å². The second-order valence-corrected chi connectivity index (χ2v) is 5.43. The maximum absolute atomic E-state index is 11.0. The molecule has 17 heavy (non-hydrogen) atoms. The van der Waals surface area contributed by atoms with Crippen molar-refractivity contribution in [3.63, 3.8) is 0 Å². The molecular weight excluding hydrogens is 278 g/mol. The van der Waals surface area contributed by atoms with Gasteiger partial charge in [0, 0.05) is 22.6 Å². The first kappa shape index (κ1) is 14.4. The number of benzene rings is 1. The van der Waals surface area contributed by atoms with Crippen LogP contribution in [0.25, 0.3) is 0 Å². The highest BCUT2D eigenvalue weighted by atomic mass is 79.9. The predicted molar refractivity (Wildman–Crippen MR) is 75.4 cm³/mol. The zero-order chi connectivity index (χ0) is 12.8. The molecule has 1 rings (SSSR count). The van der Waals surface area contributed by atoms with E-state index >= 15 is 0 Å². The van der Waals surface area contributed by atoms with Crippen LogP contribution in [-0.2, 0) is 6.54 Å². The minimum Gasteiger partial charge on any atom is -0.299 e. The monoisotopic (exact) mass is 297 g/mol. The fraction of sp³-hybridized carbons (Fsp3) is 0.500. The largest absolute Gasteiger partial charge is 0.299 e. The number of hydrogen-bond donors (Lipinski definition) is 0. The number of carbonyl (C=O) groups is 1. The lowest BCUT2D eigenvalue weighted by Crippen LogP contribution is -2.28. The molecule has 0 N–H and O–H groups in total. The first-order valence-electron chi connectivity index (χ1n) is 6.02. The van der Waals surface area contributed by atoms with Crippen molar-refractivity contribution in [3.8, 4) is 0 Å². The molecule has 1 aromatic rings. The van der Waals surface area contributed by atoms with Crippen LogP contribution in [0.2, 0.25) is 0 Å². The molecule has 1 aromatic carbocycles. The maximum atomic E-state index is 11.0. The Morgan fingerprint density at radius 3 is 2.76 bits per heavy atom. The second kappa shape index (κ2) is 6.92. The molecule has 0 aliphatic rings. The number of aldehydes is 1. The maximum Gasteiger partial charge on any atom is 0.150 e. The van der Waals surface area contributed by atoms with Crippen molar-refractivity contribution in [2.75, 3.05) is 7.05 Å². The summed E-state index contributed by atoms with van der Waals surface area (Å²) in [6.07, 6.45) is 3.30. The summed E-state index contributed by atoms with van der Waals surface area (Å²) in [7, 11) is 2.11. The van der Waals surface area contributed by atoms with Crippen LogP contribution in [-0.4, -0.2) is 24.3 Å². The van der Waals surface area contributed by atoms with Gasteiger partial charge < -0.3 is 0 Å². The number of hydrogen-bond acceptors (Lipinski definition) is 2. The summed E-state index contributed by atoms with van der Waals surface area (Å²) in [6.45, 7) is 5.23. The van der Waals surface area contributed by atoms with Crippen molar-refractivity contribution in [2.24, 2.45) is 0 Å². The van der Waals surface area contributed by atoms with Crippen LogP contribution in [0, 0.1) is 0 Å². The van der Waals surface area contributed by atoms with Crippen molar-refractivity contribution in [1.82, 2.24) is 4.90 Å². The van der Waals surface area contributed by atoms with E-state index in [0.717, 1.165) is 28.4 Å². The van der Waals surface area contributed by atoms with E-state index in [-0.39, 0.29) is 0 Å². The van der Waals surface area contributed by atoms with E-state index in [1.807, 2.05) is 18.2 Å². The normalized spacial score (nSPS) is 12.8. The first-order valence-corrected chi connectivity index (χ1v) is 6.81. The van der Waals surface area contributed by atoms with Gasteiger partial charge in [0.05, 0.1) is 0 Å². The van der Waals surface area contributed by atoms with Crippen molar-refractivity contribution in [2.45, 2.75) is 39.3 Å².